The van der Waals surface area contributed by atoms with Crippen molar-refractivity contribution in [1.82, 2.24) is 9.88 Å². The number of amides is 1. The third kappa shape index (κ3) is 5.54. The summed E-state index contributed by atoms with van der Waals surface area (Å²) in [7, 11) is 1.33. The first-order valence-electron chi connectivity index (χ1n) is 12.9. The second kappa shape index (κ2) is 11.1. The second-order valence-corrected chi connectivity index (χ2v) is 9.85. The minimum absolute atomic E-state index is 0.0123. The van der Waals surface area contributed by atoms with Gasteiger partial charge in [0.2, 0.25) is 5.43 Å². The van der Waals surface area contributed by atoms with Gasteiger partial charge in [0.1, 0.15) is 17.1 Å². The van der Waals surface area contributed by atoms with Crippen LogP contribution in [0.2, 0.25) is 0 Å². The van der Waals surface area contributed by atoms with Crippen molar-refractivity contribution < 1.29 is 41.8 Å². The van der Waals surface area contributed by atoms with Crippen molar-refractivity contribution in [3.63, 3.8) is 0 Å². The van der Waals surface area contributed by atoms with E-state index in [2.05, 4.69) is 9.73 Å². The maximum atomic E-state index is 15.6. The molecule has 218 valence electrons. The number of alkyl carbamates (subject to hydrolysis) is 1. The summed E-state index contributed by atoms with van der Waals surface area (Å²) in [4.78, 5) is 49.3. The van der Waals surface area contributed by atoms with Crippen LogP contribution in [0.4, 0.5) is 19.3 Å². The molecule has 1 aliphatic carbocycles. The summed E-state index contributed by atoms with van der Waals surface area (Å²) in [6, 6.07) is 0.952. The number of piperidine rings is 1. The van der Waals surface area contributed by atoms with E-state index in [0.29, 0.717) is 25.0 Å². The second-order valence-electron chi connectivity index (χ2n) is 9.85. The molecule has 1 saturated heterocycles. The molecule has 0 radical (unpaired) electrons. The summed E-state index contributed by atoms with van der Waals surface area (Å²) in [5.41, 5.74) is -0.631. The number of pyridine rings is 1. The number of aromatic nitrogens is 1. The van der Waals surface area contributed by atoms with E-state index in [1.54, 1.807) is 9.47 Å². The lowest BCUT2D eigenvalue weighted by Crippen LogP contribution is -2.34. The summed E-state index contributed by atoms with van der Waals surface area (Å²) in [6.07, 6.45) is 2.69. The monoisotopic (exact) mass is 575 g/mol. The fraction of sp³-hybridized carbons (Fsp3) is 0.407. The van der Waals surface area contributed by atoms with Crippen LogP contribution in [-0.2, 0) is 11.3 Å². The molecule has 0 spiro atoms. The highest BCUT2D eigenvalue weighted by Gasteiger charge is 2.32. The van der Waals surface area contributed by atoms with E-state index >= 15 is 8.78 Å². The van der Waals surface area contributed by atoms with Crippen LogP contribution in [0.5, 0.6) is 5.75 Å². The Kier molecular flexibility index (Phi) is 7.56. The van der Waals surface area contributed by atoms with Crippen molar-refractivity contribution >= 4 is 28.7 Å². The van der Waals surface area contributed by atoms with Gasteiger partial charge in [-0.25, -0.2) is 23.2 Å². The number of ether oxygens (including phenoxy) is 2. The molecule has 0 unspecified atom stereocenters. The Balaban J connectivity index is 1.39. The number of carbonyl (C=O) groups is 2. The van der Waals surface area contributed by atoms with Gasteiger partial charge in [-0.1, -0.05) is 0 Å². The van der Waals surface area contributed by atoms with E-state index < -0.39 is 47.1 Å². The molecule has 12 nitrogen and oxygen atoms in total. The van der Waals surface area contributed by atoms with Crippen molar-refractivity contribution in [3.05, 3.63) is 67.4 Å². The first-order valence-corrected chi connectivity index (χ1v) is 12.9. The minimum atomic E-state index is -1.41. The van der Waals surface area contributed by atoms with Gasteiger partial charge in [0, 0.05) is 25.3 Å². The molecule has 5 rings (SSSR count). The minimum Gasteiger partial charge on any atom is -0.492 e. The number of rotatable bonds is 8. The third-order valence-corrected chi connectivity index (χ3v) is 7.12. The maximum absolute atomic E-state index is 15.6. The van der Waals surface area contributed by atoms with Crippen molar-refractivity contribution in [3.8, 4) is 5.75 Å². The molecule has 2 aromatic heterocycles. The highest BCUT2D eigenvalue weighted by molar-refractivity contribution is 5.97. The normalized spacial score (nSPS) is 16.5. The number of benzene rings is 1. The molecule has 1 aliphatic heterocycles. The zero-order valence-electron chi connectivity index (χ0n) is 22.3. The number of carboxylic acids is 1. The Bertz CT molecular complexity index is 1680. The Labute approximate surface area is 230 Å². The zero-order chi connectivity index (χ0) is 29.4. The number of hydrogen-bond acceptors (Lipinski definition) is 9. The summed E-state index contributed by atoms with van der Waals surface area (Å²) in [5, 5.41) is 11.7. The van der Waals surface area contributed by atoms with Gasteiger partial charge in [-0.15, -0.1) is 0 Å². The van der Waals surface area contributed by atoms with E-state index in [-0.39, 0.29) is 53.1 Å². The highest BCUT2D eigenvalue weighted by Crippen LogP contribution is 2.44. The SMILES string of the molecule is COc1c(N2CCC/C(=C(\F)CNC(=O)OCc3oc(=O)oc3C)C2)c(F)cc2c(=O)c(C(=O)O)cn(C3CC3)c12. The smallest absolute Gasteiger partial charge is 0.492 e. The topological polar surface area (TPSA) is 153 Å². The lowest BCUT2D eigenvalue weighted by Gasteiger charge is -2.33. The molecule has 14 heteroatoms. The molecule has 2 fully saturated rings. The molecule has 1 saturated carbocycles. The van der Waals surface area contributed by atoms with E-state index in [4.69, 9.17) is 13.9 Å². The van der Waals surface area contributed by atoms with Gasteiger partial charge in [-0.05, 0) is 44.2 Å². The number of carbonyl (C=O) groups excluding carboxylic acids is 1. The van der Waals surface area contributed by atoms with Crippen molar-refractivity contribution in [1.29, 1.82) is 0 Å². The van der Waals surface area contributed by atoms with E-state index in [1.807, 2.05) is 0 Å². The lowest BCUT2D eigenvalue weighted by atomic mass is 10.0. The average Bonchev–Trinajstić information content (AvgIpc) is 3.73. The predicted molar refractivity (Wildman–Crippen MR) is 140 cm³/mol. The van der Waals surface area contributed by atoms with Crippen LogP contribution in [0.3, 0.4) is 0 Å². The van der Waals surface area contributed by atoms with Crippen molar-refractivity contribution in [2.45, 2.75) is 45.3 Å². The van der Waals surface area contributed by atoms with Crippen molar-refractivity contribution in [2.24, 2.45) is 0 Å². The Morgan fingerprint density at radius 3 is 2.63 bits per heavy atom. The molecule has 1 amide bonds. The van der Waals surface area contributed by atoms with Gasteiger partial charge in [-0.2, -0.15) is 0 Å². The van der Waals surface area contributed by atoms with Crippen LogP contribution in [0.15, 0.2) is 42.1 Å². The van der Waals surface area contributed by atoms with Crippen LogP contribution in [0.25, 0.3) is 10.9 Å². The number of aromatic carboxylic acids is 1. The van der Waals surface area contributed by atoms with Crippen LogP contribution in [0.1, 0.15) is 53.6 Å². The zero-order valence-corrected chi connectivity index (χ0v) is 22.3. The molecule has 2 N–H and O–H groups in total. The van der Waals surface area contributed by atoms with Gasteiger partial charge in [0.25, 0.3) is 0 Å². The molecule has 1 aromatic carbocycles. The van der Waals surface area contributed by atoms with Crippen LogP contribution >= 0.6 is 0 Å². The molecule has 41 heavy (non-hydrogen) atoms. The van der Waals surface area contributed by atoms with Gasteiger partial charge in [-0.3, -0.25) is 4.79 Å². The molecule has 0 bridgehead atoms. The number of nitrogens with zero attached hydrogens (tertiary/aromatic N) is 2. The Morgan fingerprint density at radius 2 is 2.00 bits per heavy atom. The number of carboxylic acid groups (broad SMARTS) is 1. The average molecular weight is 576 g/mol. The molecule has 3 heterocycles. The molecule has 0 atom stereocenters. The van der Waals surface area contributed by atoms with Crippen LogP contribution < -0.4 is 26.2 Å². The number of anilines is 1. The molecular formula is C27H27F2N3O9. The highest BCUT2D eigenvalue weighted by atomic mass is 19.1. The van der Waals surface area contributed by atoms with E-state index in [9.17, 15) is 24.3 Å². The number of hydrogen-bond donors (Lipinski definition) is 2. The Hall–Kier alpha value is -4.62. The lowest BCUT2D eigenvalue weighted by molar-refractivity contribution is 0.0694. The predicted octanol–water partition coefficient (Wildman–Crippen LogP) is 3.79. The first kappa shape index (κ1) is 27.9. The molecule has 3 aromatic rings. The number of fused-ring (bicyclic) bond motifs is 1. The van der Waals surface area contributed by atoms with E-state index in [1.165, 1.54) is 20.2 Å². The summed E-state index contributed by atoms with van der Waals surface area (Å²) >= 11 is 0. The quantitative estimate of drug-likeness (QED) is 0.406. The fourth-order valence-corrected chi connectivity index (χ4v) is 4.97. The van der Waals surface area contributed by atoms with Crippen LogP contribution in [0, 0.1) is 12.7 Å². The summed E-state index contributed by atoms with van der Waals surface area (Å²) in [6.45, 7) is 0.956. The number of aryl methyl sites for hydroxylation is 1. The number of halogens is 2. The number of methoxy groups -OCH3 is 1. The van der Waals surface area contributed by atoms with Crippen LogP contribution in [-0.4, -0.2) is 48.5 Å². The largest absolute Gasteiger partial charge is 0.519 e. The standard InChI is InChI=1S/C27H27F2N3O9/c1-13-20(41-27(37)40-13)12-39-26(36)30-9-19(29)14-4-3-7-31(10-14)22-18(28)8-16-21(24(22)38-2)32(15-5-6-15)11-17(23(16)33)25(34)35/h8,11,15H,3-7,9-10,12H2,1-2H3,(H,30,36)(H,34,35)/b19-14+. The van der Waals surface area contributed by atoms with Crippen molar-refractivity contribution in [2.75, 3.05) is 31.6 Å². The maximum Gasteiger partial charge on any atom is 0.519 e. The van der Waals surface area contributed by atoms with Gasteiger partial charge >= 0.3 is 17.9 Å². The fourth-order valence-electron chi connectivity index (χ4n) is 4.97. The van der Waals surface area contributed by atoms with Gasteiger partial charge in [0.15, 0.2) is 29.7 Å². The molecular weight excluding hydrogens is 548 g/mol. The molecule has 2 aliphatic rings. The van der Waals surface area contributed by atoms with E-state index in [0.717, 1.165) is 18.9 Å². The summed E-state index contributed by atoms with van der Waals surface area (Å²) < 4.78 is 52.4. The Morgan fingerprint density at radius 1 is 1.24 bits per heavy atom. The number of nitrogens with one attached hydrogen (secondary N) is 1. The summed E-state index contributed by atoms with van der Waals surface area (Å²) in [5.74, 6) is -3.52. The first-order chi connectivity index (χ1) is 19.6. The van der Waals surface area contributed by atoms with Gasteiger partial charge in [0.05, 0.1) is 24.6 Å². The third-order valence-electron chi connectivity index (χ3n) is 7.12. The van der Waals surface area contributed by atoms with Gasteiger partial charge < -0.3 is 38.2 Å².